The molecule has 1 unspecified atom stereocenters. The Kier molecular flexibility index (Phi) is 6.91. The van der Waals surface area contributed by atoms with E-state index in [2.05, 4.69) is 15.2 Å². The van der Waals surface area contributed by atoms with E-state index in [1.807, 2.05) is 6.07 Å². The Bertz CT molecular complexity index is 1330. The van der Waals surface area contributed by atoms with Gasteiger partial charge < -0.3 is 29.4 Å². The van der Waals surface area contributed by atoms with Crippen LogP contribution in [-0.2, 0) is 18.7 Å². The van der Waals surface area contributed by atoms with Gasteiger partial charge in [-0.15, -0.1) is 12.4 Å². The van der Waals surface area contributed by atoms with Crippen molar-refractivity contribution in [3.05, 3.63) is 64.0 Å². The lowest BCUT2D eigenvalue weighted by atomic mass is 9.84. The summed E-state index contributed by atoms with van der Waals surface area (Å²) in [6, 6.07) is 8.53. The number of benzene rings is 1. The summed E-state index contributed by atoms with van der Waals surface area (Å²) in [4.78, 5) is 19.0. The lowest BCUT2D eigenvalue weighted by molar-refractivity contribution is -0.0236. The first-order valence-electron chi connectivity index (χ1n) is 12.3. The van der Waals surface area contributed by atoms with E-state index in [1.54, 1.807) is 22.9 Å². The summed E-state index contributed by atoms with van der Waals surface area (Å²) in [5, 5.41) is 16.0. The predicted molar refractivity (Wildman–Crippen MR) is 135 cm³/mol. The summed E-state index contributed by atoms with van der Waals surface area (Å²) < 4.78 is 27.8. The molecule has 1 saturated heterocycles. The Morgan fingerprint density at radius 1 is 1.11 bits per heavy atom. The first kappa shape index (κ1) is 25.0. The Hall–Kier alpha value is -2.72. The summed E-state index contributed by atoms with van der Waals surface area (Å²) >= 11 is 0. The van der Waals surface area contributed by atoms with Gasteiger partial charge in [0, 0.05) is 43.4 Å². The van der Waals surface area contributed by atoms with E-state index in [1.165, 1.54) is 12.1 Å². The summed E-state index contributed by atoms with van der Waals surface area (Å²) in [6.45, 7) is 4.07. The zero-order valence-electron chi connectivity index (χ0n) is 19.9. The minimum absolute atomic E-state index is 0. The Balaban J connectivity index is 0.00000267. The zero-order chi connectivity index (χ0) is 24.0. The van der Waals surface area contributed by atoms with E-state index >= 15 is 4.39 Å². The molecule has 2 aromatic heterocycles. The maximum Gasteiger partial charge on any atom is 0.251 e. The van der Waals surface area contributed by atoms with Gasteiger partial charge in [0.2, 0.25) is 0 Å². The van der Waals surface area contributed by atoms with Crippen LogP contribution in [0.1, 0.15) is 30.5 Å². The molecule has 3 aliphatic heterocycles. The highest BCUT2D eigenvalue weighted by atomic mass is 35.5. The van der Waals surface area contributed by atoms with Crippen LogP contribution in [0.15, 0.2) is 41.3 Å². The van der Waals surface area contributed by atoms with E-state index in [0.717, 1.165) is 42.8 Å². The number of nitrogens with zero attached hydrogens (tertiary/aromatic N) is 3. The van der Waals surface area contributed by atoms with Crippen molar-refractivity contribution in [1.82, 2.24) is 19.8 Å². The van der Waals surface area contributed by atoms with E-state index < -0.39 is 11.4 Å². The zero-order valence-corrected chi connectivity index (χ0v) is 20.7. The minimum atomic E-state index is -1.33. The number of pyridine rings is 2. The average molecular weight is 517 g/mol. The van der Waals surface area contributed by atoms with Gasteiger partial charge in [-0.25, -0.2) is 4.39 Å². The van der Waals surface area contributed by atoms with Gasteiger partial charge in [0.15, 0.2) is 11.5 Å². The maximum atomic E-state index is 15.0. The van der Waals surface area contributed by atoms with Crippen LogP contribution in [0.5, 0.6) is 11.5 Å². The molecular formula is C26H30ClFN4O4. The van der Waals surface area contributed by atoms with Gasteiger partial charge in [0.25, 0.3) is 5.56 Å². The Morgan fingerprint density at radius 2 is 1.86 bits per heavy atom. The average Bonchev–Trinajstić information content (AvgIpc) is 2.87. The lowest BCUT2D eigenvalue weighted by Crippen LogP contribution is -2.50. The molecule has 0 radical (unpaired) electrons. The highest BCUT2D eigenvalue weighted by Gasteiger charge is 2.40. The molecule has 0 saturated carbocycles. The number of hydrogen-bond acceptors (Lipinski definition) is 7. The van der Waals surface area contributed by atoms with Crippen molar-refractivity contribution >= 4 is 23.3 Å². The van der Waals surface area contributed by atoms with Gasteiger partial charge in [-0.1, -0.05) is 0 Å². The summed E-state index contributed by atoms with van der Waals surface area (Å²) in [5.41, 5.74) is 0.197. The van der Waals surface area contributed by atoms with Gasteiger partial charge in [-0.3, -0.25) is 9.78 Å². The van der Waals surface area contributed by atoms with Crippen LogP contribution in [0.25, 0.3) is 10.9 Å². The topological polar surface area (TPSA) is 88.9 Å². The van der Waals surface area contributed by atoms with Crippen LogP contribution >= 0.6 is 12.4 Å². The second kappa shape index (κ2) is 9.97. The third kappa shape index (κ3) is 4.56. The fraction of sp³-hybridized carbons (Fsp3) is 0.462. The molecule has 36 heavy (non-hydrogen) atoms. The monoisotopic (exact) mass is 516 g/mol. The molecule has 1 aromatic carbocycles. The Labute approximate surface area is 214 Å². The molecule has 0 aliphatic carbocycles. The second-order valence-electron chi connectivity index (χ2n) is 9.72. The number of hydrogen-bond donors (Lipinski definition) is 2. The van der Waals surface area contributed by atoms with Crippen LogP contribution in [0.2, 0.25) is 0 Å². The van der Waals surface area contributed by atoms with Crippen molar-refractivity contribution in [2.75, 3.05) is 32.8 Å². The normalized spacial score (nSPS) is 21.8. The third-order valence-electron chi connectivity index (χ3n) is 7.45. The molecule has 5 heterocycles. The van der Waals surface area contributed by atoms with Gasteiger partial charge in [0.1, 0.15) is 24.6 Å². The van der Waals surface area contributed by atoms with E-state index in [-0.39, 0.29) is 23.5 Å². The maximum absolute atomic E-state index is 15.0. The first-order chi connectivity index (χ1) is 17.0. The van der Waals surface area contributed by atoms with Gasteiger partial charge in [-0.05, 0) is 55.9 Å². The first-order valence-corrected chi connectivity index (χ1v) is 12.3. The predicted octanol–water partition coefficient (Wildman–Crippen LogP) is 2.57. The number of aliphatic hydroxyl groups is 1. The Morgan fingerprint density at radius 3 is 2.67 bits per heavy atom. The standard InChI is InChI=1S/C26H29FN4O4.ClH/c27-20-3-1-17-2-4-23(32)31-10-7-26(33,24(20)25(17)31)16-30-8-5-18(6-9-30)28-14-19-13-21-22(15-29-19)35-12-11-34-21;/h1-4,13,15,18,28,33H,5-12,14,16H2;1H. The highest BCUT2D eigenvalue weighted by Crippen LogP contribution is 2.38. The van der Waals surface area contributed by atoms with Gasteiger partial charge in [-0.2, -0.15) is 0 Å². The fourth-order valence-corrected chi connectivity index (χ4v) is 5.61. The molecule has 6 rings (SSSR count). The highest BCUT2D eigenvalue weighted by molar-refractivity contribution is 5.85. The van der Waals surface area contributed by atoms with Crippen LogP contribution in [0.4, 0.5) is 4.39 Å². The molecular weight excluding hydrogens is 487 g/mol. The SMILES string of the molecule is Cl.O=c1ccc2ccc(F)c3c2n1CCC3(O)CN1CCC(NCc2cc3c(cn2)OCCO3)CC1. The van der Waals surface area contributed by atoms with Crippen LogP contribution < -0.4 is 20.3 Å². The molecule has 2 N–H and O–H groups in total. The molecule has 0 spiro atoms. The minimum Gasteiger partial charge on any atom is -0.486 e. The largest absolute Gasteiger partial charge is 0.486 e. The smallest absolute Gasteiger partial charge is 0.251 e. The fourth-order valence-electron chi connectivity index (χ4n) is 5.61. The van der Waals surface area contributed by atoms with Crippen molar-refractivity contribution in [3.8, 4) is 11.5 Å². The van der Waals surface area contributed by atoms with Crippen molar-refractivity contribution in [2.45, 2.75) is 44.0 Å². The van der Waals surface area contributed by atoms with E-state index in [0.29, 0.717) is 56.6 Å². The quantitative estimate of drug-likeness (QED) is 0.539. The third-order valence-corrected chi connectivity index (χ3v) is 7.45. The molecule has 3 aromatic rings. The molecule has 192 valence electrons. The summed E-state index contributed by atoms with van der Waals surface area (Å²) in [7, 11) is 0. The van der Waals surface area contributed by atoms with Crippen molar-refractivity contribution < 1.29 is 19.0 Å². The number of fused-ring (bicyclic) bond motifs is 1. The number of aromatic nitrogens is 2. The summed E-state index contributed by atoms with van der Waals surface area (Å²) in [5.74, 6) is 0.973. The van der Waals surface area contributed by atoms with E-state index in [4.69, 9.17) is 9.47 Å². The summed E-state index contributed by atoms with van der Waals surface area (Å²) in [6.07, 6.45) is 3.87. The van der Waals surface area contributed by atoms with Crippen LogP contribution in [0.3, 0.4) is 0 Å². The van der Waals surface area contributed by atoms with Crippen molar-refractivity contribution in [1.29, 1.82) is 0 Å². The number of likely N-dealkylation sites (tertiary alicyclic amines) is 1. The van der Waals surface area contributed by atoms with Crippen LogP contribution in [0, 0.1) is 5.82 Å². The number of β-amino-alcohol motifs (C(OH)–C–C–N with tert-alkyl or cyclic N) is 1. The second-order valence-corrected chi connectivity index (χ2v) is 9.72. The number of halogens is 2. The lowest BCUT2D eigenvalue weighted by Gasteiger charge is -2.41. The molecule has 0 bridgehead atoms. The number of aryl methyl sites for hydroxylation is 1. The molecule has 1 atom stereocenters. The number of piperidine rings is 1. The number of rotatable bonds is 5. The molecule has 3 aliphatic rings. The van der Waals surface area contributed by atoms with E-state index in [9.17, 15) is 9.90 Å². The van der Waals surface area contributed by atoms with Crippen LogP contribution in [-0.4, -0.2) is 58.4 Å². The molecule has 8 nitrogen and oxygen atoms in total. The molecule has 1 fully saturated rings. The number of ether oxygens (including phenoxy) is 2. The number of nitrogens with one attached hydrogen (secondary N) is 1. The van der Waals surface area contributed by atoms with Crippen molar-refractivity contribution in [2.24, 2.45) is 0 Å². The molecule has 10 heteroatoms. The van der Waals surface area contributed by atoms with Gasteiger partial charge >= 0.3 is 0 Å². The molecule has 0 amide bonds. The van der Waals surface area contributed by atoms with Crippen molar-refractivity contribution in [3.63, 3.8) is 0 Å². The van der Waals surface area contributed by atoms with Gasteiger partial charge in [0.05, 0.1) is 17.4 Å².